The minimum atomic E-state index is -0.906. The van der Waals surface area contributed by atoms with E-state index in [1.807, 2.05) is 0 Å². The van der Waals surface area contributed by atoms with Crippen molar-refractivity contribution in [2.24, 2.45) is 5.92 Å². The van der Waals surface area contributed by atoms with E-state index in [0.717, 1.165) is 0 Å². The van der Waals surface area contributed by atoms with Gasteiger partial charge in [-0.2, -0.15) is 4.98 Å². The number of nitro groups is 1. The molecule has 1 aromatic rings. The van der Waals surface area contributed by atoms with E-state index in [-0.39, 0.29) is 30.5 Å². The van der Waals surface area contributed by atoms with E-state index in [1.165, 1.54) is 19.2 Å². The highest BCUT2D eigenvalue weighted by molar-refractivity contribution is 5.75. The maximum Gasteiger partial charge on any atom is 0.311 e. The molecule has 18 heavy (non-hydrogen) atoms. The van der Waals surface area contributed by atoms with Crippen molar-refractivity contribution in [3.8, 4) is 5.88 Å². The van der Waals surface area contributed by atoms with Crippen LogP contribution >= 0.6 is 0 Å². The van der Waals surface area contributed by atoms with Crippen LogP contribution in [-0.2, 0) is 4.79 Å². The van der Waals surface area contributed by atoms with Gasteiger partial charge in [-0.1, -0.05) is 0 Å². The molecule has 1 N–H and O–H groups in total. The van der Waals surface area contributed by atoms with Crippen LogP contribution in [0.25, 0.3) is 0 Å². The third-order valence-corrected chi connectivity index (χ3v) is 2.77. The number of nitrogens with zero attached hydrogens (tertiary/aromatic N) is 3. The predicted octanol–water partition coefficient (Wildman–Crippen LogP) is 0.519. The molecule has 96 valence electrons. The highest BCUT2D eigenvalue weighted by Crippen LogP contribution is 2.32. The van der Waals surface area contributed by atoms with Crippen molar-refractivity contribution in [3.05, 3.63) is 22.2 Å². The first-order valence-electron chi connectivity index (χ1n) is 5.20. The maximum absolute atomic E-state index is 10.9. The van der Waals surface area contributed by atoms with Crippen molar-refractivity contribution in [2.45, 2.75) is 0 Å². The first-order valence-corrected chi connectivity index (χ1v) is 5.20. The topological polar surface area (TPSA) is 106 Å². The Morgan fingerprint density at radius 3 is 2.78 bits per heavy atom. The largest absolute Gasteiger partial charge is 0.481 e. The molecule has 0 radical (unpaired) electrons. The summed E-state index contributed by atoms with van der Waals surface area (Å²) in [5.41, 5.74) is -0.153. The Bertz CT molecular complexity index is 498. The molecule has 2 heterocycles. The van der Waals surface area contributed by atoms with E-state index < -0.39 is 16.8 Å². The Kier molecular flexibility index (Phi) is 3.00. The molecule has 1 aromatic heterocycles. The molecule has 0 bridgehead atoms. The average Bonchev–Trinajstić information content (AvgIpc) is 2.26. The second-order valence-corrected chi connectivity index (χ2v) is 3.89. The molecule has 0 unspecified atom stereocenters. The highest BCUT2D eigenvalue weighted by Gasteiger charge is 2.36. The summed E-state index contributed by atoms with van der Waals surface area (Å²) in [5.74, 6) is -0.999. The zero-order valence-electron chi connectivity index (χ0n) is 9.57. The predicted molar refractivity (Wildman–Crippen MR) is 60.8 cm³/mol. The fraction of sp³-hybridized carbons (Fsp3) is 0.400. The normalized spacial score (nSPS) is 15.1. The Morgan fingerprint density at radius 1 is 1.61 bits per heavy atom. The fourth-order valence-corrected chi connectivity index (χ4v) is 1.72. The summed E-state index contributed by atoms with van der Waals surface area (Å²) in [4.78, 5) is 26.6. The van der Waals surface area contributed by atoms with Gasteiger partial charge in [-0.05, 0) is 0 Å². The standard InChI is InChI=1S/C10H11N3O5/c1-18-8-3-2-7(13(16)17)9(11-8)12-4-6(5-12)10(14)15/h2-3,6H,4-5H2,1H3,(H,14,15). The summed E-state index contributed by atoms with van der Waals surface area (Å²) < 4.78 is 4.91. The molecule has 0 amide bonds. The minimum Gasteiger partial charge on any atom is -0.481 e. The molecule has 0 aliphatic carbocycles. The van der Waals surface area contributed by atoms with E-state index in [9.17, 15) is 14.9 Å². The second-order valence-electron chi connectivity index (χ2n) is 3.89. The molecule has 0 spiro atoms. The monoisotopic (exact) mass is 253 g/mol. The van der Waals surface area contributed by atoms with E-state index >= 15 is 0 Å². The van der Waals surface area contributed by atoms with Crippen LogP contribution in [0.4, 0.5) is 11.5 Å². The Hall–Kier alpha value is -2.38. The Balaban J connectivity index is 2.26. The van der Waals surface area contributed by atoms with Crippen LogP contribution in [0.15, 0.2) is 12.1 Å². The van der Waals surface area contributed by atoms with Crippen LogP contribution in [0.5, 0.6) is 5.88 Å². The van der Waals surface area contributed by atoms with Crippen LogP contribution in [0.2, 0.25) is 0 Å². The number of anilines is 1. The molecular formula is C10H11N3O5. The molecular weight excluding hydrogens is 242 g/mol. The van der Waals surface area contributed by atoms with Gasteiger partial charge < -0.3 is 14.7 Å². The van der Waals surface area contributed by atoms with Crippen molar-refractivity contribution < 1.29 is 19.6 Å². The third kappa shape index (κ3) is 2.04. The zero-order chi connectivity index (χ0) is 13.3. The second kappa shape index (κ2) is 4.47. The summed E-state index contributed by atoms with van der Waals surface area (Å²) in [6.07, 6.45) is 0. The van der Waals surface area contributed by atoms with Gasteiger partial charge in [-0.3, -0.25) is 14.9 Å². The zero-order valence-corrected chi connectivity index (χ0v) is 9.57. The maximum atomic E-state index is 10.9. The molecule has 0 aromatic carbocycles. The van der Waals surface area contributed by atoms with Crippen molar-refractivity contribution in [1.29, 1.82) is 0 Å². The summed E-state index contributed by atoms with van der Waals surface area (Å²) in [7, 11) is 1.41. The van der Waals surface area contributed by atoms with Crippen LogP contribution in [0.3, 0.4) is 0 Å². The number of pyridine rings is 1. The summed E-state index contributed by atoms with van der Waals surface area (Å²) in [5, 5.41) is 19.6. The van der Waals surface area contributed by atoms with Gasteiger partial charge in [-0.25, -0.2) is 0 Å². The number of hydrogen-bond acceptors (Lipinski definition) is 6. The smallest absolute Gasteiger partial charge is 0.311 e. The van der Waals surface area contributed by atoms with Gasteiger partial charge in [0.15, 0.2) is 0 Å². The molecule has 1 saturated heterocycles. The van der Waals surface area contributed by atoms with Crippen molar-refractivity contribution >= 4 is 17.5 Å². The third-order valence-electron chi connectivity index (χ3n) is 2.77. The van der Waals surface area contributed by atoms with E-state index in [0.29, 0.717) is 0 Å². The van der Waals surface area contributed by atoms with Gasteiger partial charge in [0.05, 0.1) is 18.0 Å². The van der Waals surface area contributed by atoms with E-state index in [1.54, 1.807) is 4.90 Å². The van der Waals surface area contributed by atoms with E-state index in [2.05, 4.69) is 4.98 Å². The minimum absolute atomic E-state index is 0.150. The van der Waals surface area contributed by atoms with Crippen LogP contribution < -0.4 is 9.64 Å². The van der Waals surface area contributed by atoms with Gasteiger partial charge in [0, 0.05) is 25.2 Å². The Morgan fingerprint density at radius 2 is 2.28 bits per heavy atom. The van der Waals surface area contributed by atoms with Gasteiger partial charge in [0.2, 0.25) is 11.7 Å². The molecule has 1 fully saturated rings. The molecule has 0 saturated carbocycles. The van der Waals surface area contributed by atoms with Crippen LogP contribution in [0, 0.1) is 16.0 Å². The number of carboxylic acid groups (broad SMARTS) is 1. The average molecular weight is 253 g/mol. The number of aliphatic carboxylic acids is 1. The number of methoxy groups -OCH3 is 1. The highest BCUT2D eigenvalue weighted by atomic mass is 16.6. The summed E-state index contributed by atoms with van der Waals surface area (Å²) in [6, 6.07) is 2.70. The molecule has 0 atom stereocenters. The molecule has 8 heteroatoms. The molecule has 1 aliphatic rings. The first-order chi connectivity index (χ1) is 8.52. The van der Waals surface area contributed by atoms with Crippen LogP contribution in [0.1, 0.15) is 0 Å². The van der Waals surface area contributed by atoms with Gasteiger partial charge in [0.1, 0.15) is 0 Å². The van der Waals surface area contributed by atoms with Crippen LogP contribution in [-0.4, -0.2) is 41.2 Å². The van der Waals surface area contributed by atoms with Crippen molar-refractivity contribution in [2.75, 3.05) is 25.1 Å². The lowest BCUT2D eigenvalue weighted by atomic mass is 10.0. The number of carbonyl (C=O) groups is 1. The van der Waals surface area contributed by atoms with E-state index in [4.69, 9.17) is 9.84 Å². The lowest BCUT2D eigenvalue weighted by Gasteiger charge is -2.37. The number of rotatable bonds is 4. The van der Waals surface area contributed by atoms with Gasteiger partial charge in [-0.15, -0.1) is 0 Å². The number of aromatic nitrogens is 1. The molecule has 8 nitrogen and oxygen atoms in total. The number of ether oxygens (including phenoxy) is 1. The summed E-state index contributed by atoms with van der Waals surface area (Å²) in [6.45, 7) is 0.437. The lowest BCUT2D eigenvalue weighted by molar-refractivity contribution is -0.384. The number of carboxylic acids is 1. The SMILES string of the molecule is COc1ccc([N+](=O)[O-])c(N2CC(C(=O)O)C2)n1. The van der Waals surface area contributed by atoms with Crippen molar-refractivity contribution in [3.63, 3.8) is 0 Å². The van der Waals surface area contributed by atoms with Crippen molar-refractivity contribution in [1.82, 2.24) is 4.98 Å². The first kappa shape index (κ1) is 12.1. The quantitative estimate of drug-likeness (QED) is 0.615. The molecule has 1 aliphatic heterocycles. The van der Waals surface area contributed by atoms with Gasteiger partial charge in [0.25, 0.3) is 0 Å². The lowest BCUT2D eigenvalue weighted by Crippen LogP contribution is -2.51. The Labute approximate surface area is 102 Å². The van der Waals surface area contributed by atoms with Gasteiger partial charge >= 0.3 is 11.7 Å². The summed E-state index contributed by atoms with van der Waals surface area (Å²) >= 11 is 0. The fourth-order valence-electron chi connectivity index (χ4n) is 1.72. The number of hydrogen-bond donors (Lipinski definition) is 1. The molecule has 2 rings (SSSR count).